The molecule has 0 saturated heterocycles. The van der Waals surface area contributed by atoms with Gasteiger partial charge in [-0.25, -0.2) is 4.85 Å². The molecule has 0 bridgehead atoms. The predicted octanol–water partition coefficient (Wildman–Crippen LogP) is 5.71. The SMILES string of the molecule is [C-]#[N+]/C(C)=C1/CC[C@H]2[C@@H]3CC=C4CC(=O)CC[C@]4(C)[C@H]3CC[C@]12C. The van der Waals surface area contributed by atoms with Crippen LogP contribution >= 0.6 is 0 Å². The van der Waals surface area contributed by atoms with Crippen molar-refractivity contribution in [3.63, 3.8) is 0 Å². The van der Waals surface area contributed by atoms with Gasteiger partial charge in [-0.1, -0.05) is 31.1 Å². The number of ketones is 1. The summed E-state index contributed by atoms with van der Waals surface area (Å²) in [5.41, 5.74) is 4.39. The van der Waals surface area contributed by atoms with E-state index < -0.39 is 0 Å². The third-order valence-corrected chi connectivity index (χ3v) is 8.33. The van der Waals surface area contributed by atoms with Gasteiger partial charge < -0.3 is 0 Å². The average Bonchev–Trinajstić information content (AvgIpc) is 2.92. The van der Waals surface area contributed by atoms with Crippen molar-refractivity contribution >= 4 is 5.78 Å². The Labute approximate surface area is 146 Å². The van der Waals surface area contributed by atoms with Crippen LogP contribution in [0, 0.1) is 35.2 Å². The first-order valence-corrected chi connectivity index (χ1v) is 9.69. The fourth-order valence-corrected chi connectivity index (χ4v) is 6.95. The van der Waals surface area contributed by atoms with E-state index in [0.29, 0.717) is 12.2 Å². The third kappa shape index (κ3) is 2.03. The fourth-order valence-electron chi connectivity index (χ4n) is 6.95. The van der Waals surface area contributed by atoms with E-state index >= 15 is 0 Å². The van der Waals surface area contributed by atoms with Gasteiger partial charge in [0.05, 0.1) is 6.57 Å². The first-order chi connectivity index (χ1) is 11.4. The summed E-state index contributed by atoms with van der Waals surface area (Å²) < 4.78 is 0. The summed E-state index contributed by atoms with van der Waals surface area (Å²) in [6.07, 6.45) is 11.0. The average molecular weight is 323 g/mol. The van der Waals surface area contributed by atoms with Crippen LogP contribution in [0.3, 0.4) is 0 Å². The maximum absolute atomic E-state index is 11.9. The van der Waals surface area contributed by atoms with E-state index in [1.165, 1.54) is 30.4 Å². The van der Waals surface area contributed by atoms with Crippen LogP contribution in [0.2, 0.25) is 0 Å². The summed E-state index contributed by atoms with van der Waals surface area (Å²) in [6.45, 7) is 14.4. The normalized spacial score (nSPS) is 46.3. The second-order valence-corrected chi connectivity index (χ2v) is 9.15. The highest BCUT2D eigenvalue weighted by atomic mass is 16.1. The van der Waals surface area contributed by atoms with Crippen LogP contribution in [0.5, 0.6) is 0 Å². The molecule has 0 heterocycles. The van der Waals surface area contributed by atoms with Crippen LogP contribution in [0.15, 0.2) is 22.9 Å². The van der Waals surface area contributed by atoms with E-state index in [9.17, 15) is 4.79 Å². The Kier molecular flexibility index (Phi) is 3.57. The highest BCUT2D eigenvalue weighted by Crippen LogP contribution is 2.66. The number of carbonyl (C=O) groups is 1. The van der Waals surface area contributed by atoms with Gasteiger partial charge in [-0.2, -0.15) is 0 Å². The smallest absolute Gasteiger partial charge is 0.162 e. The zero-order chi connectivity index (χ0) is 17.1. The van der Waals surface area contributed by atoms with Crippen molar-refractivity contribution in [2.24, 2.45) is 28.6 Å². The molecule has 4 aliphatic carbocycles. The molecule has 0 amide bonds. The van der Waals surface area contributed by atoms with Crippen molar-refractivity contribution in [3.05, 3.63) is 34.3 Å². The Hall–Kier alpha value is -1.36. The third-order valence-electron chi connectivity index (χ3n) is 8.33. The molecule has 0 N–H and O–H groups in total. The fraction of sp³-hybridized carbons (Fsp3) is 0.727. The van der Waals surface area contributed by atoms with E-state index in [0.717, 1.165) is 49.1 Å². The highest BCUT2D eigenvalue weighted by Gasteiger charge is 2.57. The number of allylic oxidation sites excluding steroid dienone is 4. The first kappa shape index (κ1) is 16.1. The van der Waals surface area contributed by atoms with Gasteiger partial charge in [-0.05, 0) is 74.0 Å². The largest absolute Gasteiger partial charge is 0.299 e. The second-order valence-electron chi connectivity index (χ2n) is 9.15. The molecular weight excluding hydrogens is 294 g/mol. The number of hydrogen-bond acceptors (Lipinski definition) is 1. The summed E-state index contributed by atoms with van der Waals surface area (Å²) in [7, 11) is 0. The molecule has 0 spiro atoms. The van der Waals surface area contributed by atoms with Gasteiger partial charge in [0.1, 0.15) is 5.78 Å². The van der Waals surface area contributed by atoms with Crippen molar-refractivity contribution in [1.29, 1.82) is 0 Å². The molecule has 3 fully saturated rings. The van der Waals surface area contributed by atoms with Crippen molar-refractivity contribution in [2.45, 2.75) is 72.1 Å². The van der Waals surface area contributed by atoms with Gasteiger partial charge in [0.15, 0.2) is 5.70 Å². The zero-order valence-electron chi connectivity index (χ0n) is 15.3. The van der Waals surface area contributed by atoms with Crippen molar-refractivity contribution in [2.75, 3.05) is 0 Å². The number of hydrogen-bond donors (Lipinski definition) is 0. The Morgan fingerprint density at radius 1 is 1.17 bits per heavy atom. The number of nitrogens with zero attached hydrogens (tertiary/aromatic N) is 1. The van der Waals surface area contributed by atoms with E-state index in [-0.39, 0.29) is 10.8 Å². The quantitative estimate of drug-likeness (QED) is 0.413. The minimum Gasteiger partial charge on any atom is -0.299 e. The number of carbonyl (C=O) groups excluding carboxylic acids is 1. The molecule has 0 aromatic rings. The summed E-state index contributed by atoms with van der Waals surface area (Å²) in [5, 5.41) is 0. The molecule has 128 valence electrons. The molecule has 4 aliphatic rings. The van der Waals surface area contributed by atoms with Gasteiger partial charge >= 0.3 is 0 Å². The van der Waals surface area contributed by atoms with E-state index in [1.54, 1.807) is 0 Å². The molecule has 0 aliphatic heterocycles. The highest BCUT2D eigenvalue weighted by molar-refractivity contribution is 5.82. The second kappa shape index (κ2) is 5.32. The number of rotatable bonds is 0. The Balaban J connectivity index is 1.71. The van der Waals surface area contributed by atoms with Gasteiger partial charge in [0, 0.05) is 12.8 Å². The molecule has 0 radical (unpaired) electrons. The summed E-state index contributed by atoms with van der Waals surface area (Å²) in [5.74, 6) is 2.67. The number of fused-ring (bicyclic) bond motifs is 5. The zero-order valence-corrected chi connectivity index (χ0v) is 15.3. The molecule has 2 nitrogen and oxygen atoms in total. The van der Waals surface area contributed by atoms with Crippen LogP contribution < -0.4 is 0 Å². The van der Waals surface area contributed by atoms with E-state index in [2.05, 4.69) is 24.8 Å². The first-order valence-electron chi connectivity index (χ1n) is 9.69. The molecule has 4 rings (SSSR count). The van der Waals surface area contributed by atoms with E-state index in [4.69, 9.17) is 6.57 Å². The molecule has 5 atom stereocenters. The van der Waals surface area contributed by atoms with Crippen LogP contribution in [0.4, 0.5) is 0 Å². The van der Waals surface area contributed by atoms with Gasteiger partial charge in [0.2, 0.25) is 0 Å². The van der Waals surface area contributed by atoms with Crippen LogP contribution in [-0.2, 0) is 4.79 Å². The summed E-state index contributed by atoms with van der Waals surface area (Å²) in [6, 6.07) is 0. The Bertz CT molecular complexity index is 693. The minimum absolute atomic E-state index is 0.252. The van der Waals surface area contributed by atoms with Crippen molar-refractivity contribution in [3.8, 4) is 0 Å². The lowest BCUT2D eigenvalue weighted by Crippen LogP contribution is -2.49. The topological polar surface area (TPSA) is 21.4 Å². The molecule has 24 heavy (non-hydrogen) atoms. The predicted molar refractivity (Wildman–Crippen MR) is 96.0 cm³/mol. The molecule has 0 aromatic carbocycles. The lowest BCUT2D eigenvalue weighted by atomic mass is 9.48. The number of Topliss-reactive ketones (excluding diaryl/α,β-unsaturated/α-hetero) is 1. The summed E-state index contributed by atoms with van der Waals surface area (Å²) >= 11 is 0. The van der Waals surface area contributed by atoms with Crippen molar-refractivity contribution in [1.82, 2.24) is 0 Å². The Morgan fingerprint density at radius 2 is 1.92 bits per heavy atom. The Morgan fingerprint density at radius 3 is 2.67 bits per heavy atom. The summed E-state index contributed by atoms with van der Waals surface area (Å²) in [4.78, 5) is 15.7. The molecule has 2 heteroatoms. The van der Waals surface area contributed by atoms with Crippen LogP contribution in [0.25, 0.3) is 4.85 Å². The maximum Gasteiger partial charge on any atom is 0.162 e. The monoisotopic (exact) mass is 323 g/mol. The van der Waals surface area contributed by atoms with E-state index in [1.807, 2.05) is 6.92 Å². The van der Waals surface area contributed by atoms with Crippen LogP contribution in [0.1, 0.15) is 72.1 Å². The molecular formula is C22H29NO. The van der Waals surface area contributed by atoms with Gasteiger partial charge in [-0.15, -0.1) is 0 Å². The van der Waals surface area contributed by atoms with Gasteiger partial charge in [-0.3, -0.25) is 4.79 Å². The molecule has 3 saturated carbocycles. The molecule has 0 unspecified atom stereocenters. The standard InChI is InChI=1S/C22H29NO/c1-14(23-4)18-7-8-19-17-6-5-15-13-16(24)9-11-21(15,2)20(17)10-12-22(18,19)3/h5,17,19-20H,6-13H2,1-3H3/b18-14-/t17-,19-,20-,21-,22+/m0/s1. The van der Waals surface area contributed by atoms with Crippen molar-refractivity contribution < 1.29 is 4.79 Å². The van der Waals surface area contributed by atoms with Crippen LogP contribution in [-0.4, -0.2) is 5.78 Å². The lowest BCUT2D eigenvalue weighted by Gasteiger charge is -2.57. The lowest BCUT2D eigenvalue weighted by molar-refractivity contribution is -0.122. The van der Waals surface area contributed by atoms with Gasteiger partial charge in [0.25, 0.3) is 0 Å². The minimum atomic E-state index is 0.252. The maximum atomic E-state index is 11.9. The molecule has 0 aromatic heterocycles.